The lowest BCUT2D eigenvalue weighted by Gasteiger charge is -2.37. The fraction of sp³-hybridized carbons (Fsp3) is 0.529. The fourth-order valence-electron chi connectivity index (χ4n) is 2.60. The Labute approximate surface area is 136 Å². The molecule has 1 aromatic rings. The topological polar surface area (TPSA) is 70.1 Å². The minimum atomic E-state index is -0.499. The normalized spacial score (nSPS) is 15.5. The first-order valence-electron chi connectivity index (χ1n) is 7.73. The van der Waals surface area contributed by atoms with Gasteiger partial charge in [0.25, 0.3) is 0 Å². The van der Waals surface area contributed by atoms with E-state index in [-0.39, 0.29) is 11.8 Å². The van der Waals surface area contributed by atoms with Gasteiger partial charge in [0.1, 0.15) is 11.4 Å². The van der Waals surface area contributed by atoms with Crippen molar-refractivity contribution in [3.8, 4) is 5.75 Å². The van der Waals surface area contributed by atoms with Gasteiger partial charge >= 0.3 is 6.09 Å². The zero-order valence-corrected chi connectivity index (χ0v) is 14.1. The maximum atomic E-state index is 12.1. The summed E-state index contributed by atoms with van der Waals surface area (Å²) in [4.78, 5) is 26.7. The highest BCUT2D eigenvalue weighted by atomic mass is 16.6. The van der Waals surface area contributed by atoms with Crippen LogP contribution in [-0.4, -0.2) is 54.2 Å². The molecule has 1 saturated heterocycles. The number of ether oxygens (including phenoxy) is 1. The summed E-state index contributed by atoms with van der Waals surface area (Å²) in [6.07, 6.45) is 0.347. The second kappa shape index (κ2) is 6.48. The molecule has 6 nitrogen and oxygen atoms in total. The fourth-order valence-corrected chi connectivity index (χ4v) is 2.60. The van der Waals surface area contributed by atoms with Crippen molar-refractivity contribution in [3.63, 3.8) is 0 Å². The van der Waals surface area contributed by atoms with Crippen LogP contribution in [0.5, 0.6) is 5.75 Å². The molecule has 6 heteroatoms. The van der Waals surface area contributed by atoms with E-state index < -0.39 is 5.60 Å². The predicted molar refractivity (Wildman–Crippen MR) is 88.3 cm³/mol. The molecule has 1 aliphatic heterocycles. The average Bonchev–Trinajstić information content (AvgIpc) is 2.47. The Balaban J connectivity index is 2.03. The SMILES string of the molecule is Cc1cc(C=O)c(O)cc1N1CCN(C(=O)OC(C)(C)C)CC1. The van der Waals surface area contributed by atoms with Gasteiger partial charge in [0.15, 0.2) is 6.29 Å². The molecule has 23 heavy (non-hydrogen) atoms. The minimum absolute atomic E-state index is 0.0184. The van der Waals surface area contributed by atoms with Gasteiger partial charge in [0, 0.05) is 37.9 Å². The second-order valence-corrected chi connectivity index (χ2v) is 6.77. The molecule has 126 valence electrons. The largest absolute Gasteiger partial charge is 0.507 e. The van der Waals surface area contributed by atoms with Crippen LogP contribution in [0.3, 0.4) is 0 Å². The van der Waals surface area contributed by atoms with Gasteiger partial charge in [0.2, 0.25) is 0 Å². The predicted octanol–water partition coefficient (Wildman–Crippen LogP) is 2.57. The number of amides is 1. The molecule has 1 amide bonds. The number of anilines is 1. The first kappa shape index (κ1) is 17.1. The molecule has 0 unspecified atom stereocenters. The molecule has 0 bridgehead atoms. The molecule has 1 aromatic carbocycles. The smallest absolute Gasteiger partial charge is 0.410 e. The number of aldehydes is 1. The number of nitrogens with zero attached hydrogens (tertiary/aromatic N) is 2. The van der Waals surface area contributed by atoms with Gasteiger partial charge in [-0.2, -0.15) is 0 Å². The summed E-state index contributed by atoms with van der Waals surface area (Å²) < 4.78 is 5.38. The molecule has 1 N–H and O–H groups in total. The number of carbonyl (C=O) groups excluding carboxylic acids is 2. The number of benzene rings is 1. The van der Waals surface area contributed by atoms with Crippen molar-refractivity contribution >= 4 is 18.1 Å². The maximum absolute atomic E-state index is 12.1. The zero-order chi connectivity index (χ0) is 17.2. The maximum Gasteiger partial charge on any atom is 0.410 e. The van der Waals surface area contributed by atoms with E-state index in [1.165, 1.54) is 0 Å². The molecular formula is C17H24N2O4. The van der Waals surface area contributed by atoms with Crippen molar-refractivity contribution in [2.75, 3.05) is 31.1 Å². The summed E-state index contributed by atoms with van der Waals surface area (Å²) in [7, 11) is 0. The van der Waals surface area contributed by atoms with Crippen LogP contribution in [0.4, 0.5) is 10.5 Å². The summed E-state index contributed by atoms with van der Waals surface area (Å²) in [5.74, 6) is -0.0184. The number of aryl methyl sites for hydroxylation is 1. The van der Waals surface area contributed by atoms with Crippen LogP contribution in [0.1, 0.15) is 36.7 Å². The van der Waals surface area contributed by atoms with Crippen molar-refractivity contribution in [3.05, 3.63) is 23.3 Å². The van der Waals surface area contributed by atoms with Crippen molar-refractivity contribution in [2.45, 2.75) is 33.3 Å². The van der Waals surface area contributed by atoms with Crippen LogP contribution in [0.2, 0.25) is 0 Å². The van der Waals surface area contributed by atoms with E-state index in [4.69, 9.17) is 4.74 Å². The molecule has 0 aliphatic carbocycles. The summed E-state index contributed by atoms with van der Waals surface area (Å²) in [6.45, 7) is 9.88. The van der Waals surface area contributed by atoms with Crippen LogP contribution in [0, 0.1) is 6.92 Å². The van der Waals surface area contributed by atoms with Crippen LogP contribution in [-0.2, 0) is 4.74 Å². The van der Waals surface area contributed by atoms with E-state index in [1.807, 2.05) is 27.7 Å². The van der Waals surface area contributed by atoms with Gasteiger partial charge in [-0.15, -0.1) is 0 Å². The Bertz CT molecular complexity index is 599. The molecule has 1 heterocycles. The summed E-state index contributed by atoms with van der Waals surface area (Å²) >= 11 is 0. The van der Waals surface area contributed by atoms with Gasteiger partial charge in [-0.3, -0.25) is 4.79 Å². The number of aromatic hydroxyl groups is 1. The first-order chi connectivity index (χ1) is 10.7. The van der Waals surface area contributed by atoms with Gasteiger partial charge < -0.3 is 19.6 Å². The third kappa shape index (κ3) is 4.15. The van der Waals surface area contributed by atoms with Crippen LogP contribution >= 0.6 is 0 Å². The Morgan fingerprint density at radius 1 is 1.22 bits per heavy atom. The van der Waals surface area contributed by atoms with Crippen LogP contribution in [0.15, 0.2) is 12.1 Å². The Kier molecular flexibility index (Phi) is 4.82. The van der Waals surface area contributed by atoms with Gasteiger partial charge in [-0.05, 0) is 39.3 Å². The highest BCUT2D eigenvalue weighted by Gasteiger charge is 2.26. The van der Waals surface area contributed by atoms with Crippen molar-refractivity contribution in [1.82, 2.24) is 4.90 Å². The Hall–Kier alpha value is -2.24. The number of carbonyl (C=O) groups is 2. The highest BCUT2D eigenvalue weighted by molar-refractivity contribution is 5.81. The third-order valence-corrected chi connectivity index (χ3v) is 3.74. The number of hydrogen-bond acceptors (Lipinski definition) is 5. The average molecular weight is 320 g/mol. The van der Waals surface area contributed by atoms with E-state index >= 15 is 0 Å². The first-order valence-corrected chi connectivity index (χ1v) is 7.73. The molecule has 0 radical (unpaired) electrons. The highest BCUT2D eigenvalue weighted by Crippen LogP contribution is 2.29. The molecular weight excluding hydrogens is 296 g/mol. The third-order valence-electron chi connectivity index (χ3n) is 3.74. The Morgan fingerprint density at radius 2 is 1.83 bits per heavy atom. The molecule has 0 spiro atoms. The molecule has 2 rings (SSSR count). The van der Waals surface area contributed by atoms with E-state index in [0.717, 1.165) is 11.3 Å². The van der Waals surface area contributed by atoms with Gasteiger partial charge in [0.05, 0.1) is 5.56 Å². The number of phenols is 1. The van der Waals surface area contributed by atoms with E-state index in [0.29, 0.717) is 38.0 Å². The second-order valence-electron chi connectivity index (χ2n) is 6.77. The number of piperazine rings is 1. The standard InChI is InChI=1S/C17H24N2O4/c1-12-9-13(11-20)15(21)10-14(12)18-5-7-19(8-6-18)16(22)23-17(2,3)4/h9-11,21H,5-8H2,1-4H3. The molecule has 1 aliphatic rings. The summed E-state index contributed by atoms with van der Waals surface area (Å²) in [5, 5.41) is 9.87. The van der Waals surface area contributed by atoms with Crippen LogP contribution in [0.25, 0.3) is 0 Å². The molecule has 0 aromatic heterocycles. The zero-order valence-electron chi connectivity index (χ0n) is 14.1. The summed E-state index contributed by atoms with van der Waals surface area (Å²) in [6, 6.07) is 3.29. The van der Waals surface area contributed by atoms with E-state index in [2.05, 4.69) is 4.90 Å². The van der Waals surface area contributed by atoms with Crippen molar-refractivity contribution in [1.29, 1.82) is 0 Å². The summed E-state index contributed by atoms with van der Waals surface area (Å²) in [5.41, 5.74) is 1.60. The van der Waals surface area contributed by atoms with E-state index in [9.17, 15) is 14.7 Å². The molecule has 0 atom stereocenters. The molecule has 0 saturated carbocycles. The Morgan fingerprint density at radius 3 is 2.35 bits per heavy atom. The molecule has 1 fully saturated rings. The van der Waals surface area contributed by atoms with E-state index in [1.54, 1.807) is 17.0 Å². The lowest BCUT2D eigenvalue weighted by molar-refractivity contribution is 0.0240. The van der Waals surface area contributed by atoms with Crippen molar-refractivity contribution < 1.29 is 19.4 Å². The van der Waals surface area contributed by atoms with Crippen LogP contribution < -0.4 is 4.90 Å². The number of phenolic OH excluding ortho intramolecular Hbond substituents is 1. The quantitative estimate of drug-likeness (QED) is 0.848. The number of rotatable bonds is 2. The monoisotopic (exact) mass is 320 g/mol. The van der Waals surface area contributed by atoms with Gasteiger partial charge in [-0.25, -0.2) is 4.79 Å². The number of hydrogen-bond donors (Lipinski definition) is 1. The van der Waals surface area contributed by atoms with Gasteiger partial charge in [-0.1, -0.05) is 0 Å². The lowest BCUT2D eigenvalue weighted by Crippen LogP contribution is -2.50. The van der Waals surface area contributed by atoms with Crippen molar-refractivity contribution in [2.24, 2.45) is 0 Å². The minimum Gasteiger partial charge on any atom is -0.507 e. The lowest BCUT2D eigenvalue weighted by atomic mass is 10.1.